The van der Waals surface area contributed by atoms with Crippen LogP contribution in [0.25, 0.3) is 11.0 Å². The van der Waals surface area contributed by atoms with Crippen LogP contribution in [0, 0.1) is 17.2 Å². The molecule has 0 aliphatic heterocycles. The molecule has 0 saturated heterocycles. The average Bonchev–Trinajstić information content (AvgIpc) is 2.82. The van der Waals surface area contributed by atoms with Gasteiger partial charge in [-0.15, -0.1) is 0 Å². The number of fused-ring (bicyclic) bond motifs is 1. The van der Waals surface area contributed by atoms with Gasteiger partial charge in [0.05, 0.1) is 23.5 Å². The highest BCUT2D eigenvalue weighted by molar-refractivity contribution is 5.84. The van der Waals surface area contributed by atoms with Crippen molar-refractivity contribution in [1.82, 2.24) is 14.9 Å². The van der Waals surface area contributed by atoms with Crippen molar-refractivity contribution >= 4 is 16.9 Å². The van der Waals surface area contributed by atoms with Crippen LogP contribution in [-0.2, 0) is 11.2 Å². The Hall–Kier alpha value is -2.35. The molecule has 110 valence electrons. The molecule has 0 radical (unpaired) electrons. The minimum absolute atomic E-state index is 0.0500. The molecule has 1 aromatic carbocycles. The molecule has 0 bridgehead atoms. The van der Waals surface area contributed by atoms with Crippen molar-refractivity contribution in [2.45, 2.75) is 33.2 Å². The molecule has 0 aliphatic rings. The molecule has 0 saturated carbocycles. The number of carbonyl (C=O) groups excluding carboxylic acids is 1. The molecular formula is C16H20N4O. The molecule has 1 unspecified atom stereocenters. The maximum absolute atomic E-state index is 12.3. The van der Waals surface area contributed by atoms with Gasteiger partial charge >= 0.3 is 0 Å². The third-order valence-corrected chi connectivity index (χ3v) is 3.36. The highest BCUT2D eigenvalue weighted by Crippen LogP contribution is 2.21. The van der Waals surface area contributed by atoms with E-state index in [0.29, 0.717) is 18.3 Å². The first-order valence-corrected chi connectivity index (χ1v) is 7.15. The van der Waals surface area contributed by atoms with Gasteiger partial charge in [-0.1, -0.05) is 26.0 Å². The molecular weight excluding hydrogens is 264 g/mol. The van der Waals surface area contributed by atoms with Crippen molar-refractivity contribution in [2.75, 3.05) is 6.54 Å². The average molecular weight is 284 g/mol. The lowest BCUT2D eigenvalue weighted by Gasteiger charge is -2.17. The second kappa shape index (κ2) is 6.40. The summed E-state index contributed by atoms with van der Waals surface area (Å²) in [5, 5.41) is 11.9. The maximum Gasteiger partial charge on any atom is 0.242 e. The van der Waals surface area contributed by atoms with Gasteiger partial charge in [0.15, 0.2) is 0 Å². The third kappa shape index (κ3) is 3.22. The highest BCUT2D eigenvalue weighted by Gasteiger charge is 2.21. The second-order valence-electron chi connectivity index (χ2n) is 5.54. The number of hydrogen-bond donors (Lipinski definition) is 1. The Labute approximate surface area is 124 Å². The van der Waals surface area contributed by atoms with Crippen molar-refractivity contribution in [1.29, 1.82) is 5.26 Å². The number of benzene rings is 1. The first-order valence-electron chi connectivity index (χ1n) is 7.15. The Balaban J connectivity index is 2.37. The monoisotopic (exact) mass is 284 g/mol. The van der Waals surface area contributed by atoms with Crippen LogP contribution in [0.4, 0.5) is 0 Å². The molecule has 0 fully saturated rings. The van der Waals surface area contributed by atoms with Crippen molar-refractivity contribution in [3.05, 3.63) is 30.1 Å². The van der Waals surface area contributed by atoms with Crippen LogP contribution in [0.2, 0.25) is 0 Å². The van der Waals surface area contributed by atoms with E-state index in [1.807, 2.05) is 35.8 Å². The Morgan fingerprint density at radius 3 is 2.76 bits per heavy atom. The van der Waals surface area contributed by atoms with E-state index in [0.717, 1.165) is 11.0 Å². The number of carbonyl (C=O) groups is 1. The number of para-hydroxylation sites is 2. The van der Waals surface area contributed by atoms with Crippen LogP contribution in [0.5, 0.6) is 0 Å². The number of rotatable bonds is 5. The maximum atomic E-state index is 12.3. The fraction of sp³-hybridized carbons (Fsp3) is 0.438. The van der Waals surface area contributed by atoms with E-state index in [2.05, 4.69) is 30.2 Å². The molecule has 2 rings (SSSR count). The summed E-state index contributed by atoms with van der Waals surface area (Å²) in [4.78, 5) is 16.8. The van der Waals surface area contributed by atoms with E-state index in [4.69, 9.17) is 5.26 Å². The zero-order valence-electron chi connectivity index (χ0n) is 12.6. The lowest BCUT2D eigenvalue weighted by molar-refractivity contribution is -0.124. The van der Waals surface area contributed by atoms with Crippen molar-refractivity contribution in [3.63, 3.8) is 0 Å². The van der Waals surface area contributed by atoms with Gasteiger partial charge < -0.3 is 9.88 Å². The number of aromatic nitrogens is 2. The first kappa shape index (κ1) is 15.0. The summed E-state index contributed by atoms with van der Waals surface area (Å²) in [7, 11) is 0. The summed E-state index contributed by atoms with van der Waals surface area (Å²) in [5.74, 6) is 0.983. The predicted octanol–water partition coefficient (Wildman–Crippen LogP) is 2.44. The summed E-state index contributed by atoms with van der Waals surface area (Å²) in [6.07, 6.45) is 0.191. The molecule has 0 spiro atoms. The standard InChI is InChI=1S/C16H20N4O/c1-11(2)10-18-16(21)12(3)20-14-7-5-4-6-13(14)19-15(20)8-9-17/h4-7,11-12H,8,10H2,1-3H3,(H,18,21). The van der Waals surface area contributed by atoms with Crippen molar-refractivity contribution in [2.24, 2.45) is 5.92 Å². The normalized spacial score (nSPS) is 12.3. The molecule has 1 aromatic heterocycles. The topological polar surface area (TPSA) is 70.7 Å². The van der Waals surface area contributed by atoms with Crippen LogP contribution >= 0.6 is 0 Å². The number of amides is 1. The Kier molecular flexibility index (Phi) is 4.59. The quantitative estimate of drug-likeness (QED) is 0.916. The zero-order chi connectivity index (χ0) is 15.4. The first-order chi connectivity index (χ1) is 10.0. The summed E-state index contributed by atoms with van der Waals surface area (Å²) in [6, 6.07) is 9.36. The molecule has 1 atom stereocenters. The third-order valence-electron chi connectivity index (χ3n) is 3.36. The summed E-state index contributed by atoms with van der Waals surface area (Å²) in [5.41, 5.74) is 1.70. The second-order valence-corrected chi connectivity index (χ2v) is 5.54. The summed E-state index contributed by atoms with van der Waals surface area (Å²) < 4.78 is 1.86. The minimum atomic E-state index is -0.389. The molecule has 5 heteroatoms. The van der Waals surface area contributed by atoms with Gasteiger partial charge in [-0.25, -0.2) is 4.98 Å². The Morgan fingerprint density at radius 1 is 1.38 bits per heavy atom. The van der Waals surface area contributed by atoms with Crippen LogP contribution in [-0.4, -0.2) is 22.0 Å². The van der Waals surface area contributed by atoms with E-state index in [-0.39, 0.29) is 18.4 Å². The van der Waals surface area contributed by atoms with E-state index >= 15 is 0 Å². The molecule has 21 heavy (non-hydrogen) atoms. The smallest absolute Gasteiger partial charge is 0.242 e. The van der Waals surface area contributed by atoms with Gasteiger partial charge in [-0.3, -0.25) is 4.79 Å². The van der Waals surface area contributed by atoms with E-state index in [9.17, 15) is 4.79 Å². The molecule has 1 N–H and O–H groups in total. The number of nitrogens with zero attached hydrogens (tertiary/aromatic N) is 3. The lowest BCUT2D eigenvalue weighted by Crippen LogP contribution is -2.34. The fourth-order valence-electron chi connectivity index (χ4n) is 2.29. The minimum Gasteiger partial charge on any atom is -0.354 e. The number of hydrogen-bond acceptors (Lipinski definition) is 3. The number of nitriles is 1. The predicted molar refractivity (Wildman–Crippen MR) is 81.6 cm³/mol. The van der Waals surface area contributed by atoms with Crippen molar-refractivity contribution in [3.8, 4) is 6.07 Å². The number of nitrogens with one attached hydrogen (secondary N) is 1. The van der Waals surface area contributed by atoms with E-state index in [1.165, 1.54) is 0 Å². The molecule has 1 amide bonds. The van der Waals surface area contributed by atoms with Crippen LogP contribution in [0.15, 0.2) is 24.3 Å². The number of imidazole rings is 1. The molecule has 2 aromatic rings. The summed E-state index contributed by atoms with van der Waals surface area (Å²) in [6.45, 7) is 6.59. The van der Waals surface area contributed by atoms with Crippen LogP contribution in [0.3, 0.4) is 0 Å². The van der Waals surface area contributed by atoms with Crippen LogP contribution < -0.4 is 5.32 Å². The van der Waals surface area contributed by atoms with Gasteiger partial charge in [0.2, 0.25) is 5.91 Å². The van der Waals surface area contributed by atoms with Gasteiger partial charge in [-0.2, -0.15) is 5.26 Å². The van der Waals surface area contributed by atoms with Crippen molar-refractivity contribution < 1.29 is 4.79 Å². The molecule has 0 aliphatic carbocycles. The Bertz CT molecular complexity index is 681. The molecule has 1 heterocycles. The van der Waals surface area contributed by atoms with E-state index in [1.54, 1.807) is 0 Å². The molecule has 5 nitrogen and oxygen atoms in total. The van der Waals surface area contributed by atoms with Gasteiger partial charge in [0, 0.05) is 6.54 Å². The highest BCUT2D eigenvalue weighted by atomic mass is 16.2. The zero-order valence-corrected chi connectivity index (χ0v) is 12.6. The lowest BCUT2D eigenvalue weighted by atomic mass is 10.2. The van der Waals surface area contributed by atoms with Crippen LogP contribution in [0.1, 0.15) is 32.6 Å². The van der Waals surface area contributed by atoms with Gasteiger partial charge in [-0.05, 0) is 25.0 Å². The largest absolute Gasteiger partial charge is 0.354 e. The van der Waals surface area contributed by atoms with Gasteiger partial charge in [0.25, 0.3) is 0 Å². The van der Waals surface area contributed by atoms with Gasteiger partial charge in [0.1, 0.15) is 11.9 Å². The summed E-state index contributed by atoms with van der Waals surface area (Å²) >= 11 is 0. The fourth-order valence-corrected chi connectivity index (χ4v) is 2.29. The SMILES string of the molecule is CC(C)CNC(=O)C(C)n1c(CC#N)nc2ccccc21. The van der Waals surface area contributed by atoms with E-state index < -0.39 is 0 Å². The Morgan fingerprint density at radius 2 is 2.10 bits per heavy atom.